The highest BCUT2D eigenvalue weighted by Crippen LogP contribution is 2.33. The van der Waals surface area contributed by atoms with Crippen molar-refractivity contribution in [1.82, 2.24) is 0 Å². The Morgan fingerprint density at radius 2 is 2.05 bits per heavy atom. The predicted octanol–water partition coefficient (Wildman–Crippen LogP) is 3.25. The largest absolute Gasteiger partial charge is 0.481 e. The first-order valence-corrected chi connectivity index (χ1v) is 6.39. The summed E-state index contributed by atoms with van der Waals surface area (Å²) in [5, 5.41) is 8.99. The molecule has 0 aliphatic rings. The molecular weight excluding hydrogens is 271 g/mol. The number of aliphatic carboxylic acids is 1. The summed E-state index contributed by atoms with van der Waals surface area (Å²) in [6, 6.07) is 5.04. The Balaban J connectivity index is 2.98. The number of alkyl halides is 3. The van der Waals surface area contributed by atoms with Gasteiger partial charge in [0.2, 0.25) is 0 Å². The lowest BCUT2D eigenvalue weighted by Gasteiger charge is -2.20. The van der Waals surface area contributed by atoms with Gasteiger partial charge in [-0.3, -0.25) is 4.79 Å². The van der Waals surface area contributed by atoms with Crippen LogP contribution >= 0.6 is 0 Å². The molecule has 20 heavy (non-hydrogen) atoms. The maximum Gasteiger partial charge on any atom is 0.416 e. The van der Waals surface area contributed by atoms with Gasteiger partial charge in [0.1, 0.15) is 0 Å². The maximum atomic E-state index is 12.7. The SMILES string of the molecule is CCC(CC(CN)C(=O)O)c1cccc(C(F)(F)F)c1. The number of nitrogens with two attached hydrogens (primary N) is 1. The van der Waals surface area contributed by atoms with Crippen molar-refractivity contribution in [2.75, 3.05) is 6.54 Å². The Bertz CT molecular complexity index is 460. The molecule has 3 N–H and O–H groups in total. The van der Waals surface area contributed by atoms with Crippen LogP contribution < -0.4 is 5.73 Å². The summed E-state index contributed by atoms with van der Waals surface area (Å²) in [5.74, 6) is -2.01. The standard InChI is InChI=1S/C14H18F3NO2/c1-2-9(6-11(8-18)13(19)20)10-4-3-5-12(7-10)14(15,16)17/h3-5,7,9,11H,2,6,8,18H2,1H3,(H,19,20). The summed E-state index contributed by atoms with van der Waals surface area (Å²) in [6.07, 6.45) is -3.59. The molecule has 1 aromatic carbocycles. The van der Waals surface area contributed by atoms with Crippen LogP contribution in [0, 0.1) is 5.92 Å². The molecule has 0 bridgehead atoms. The molecule has 0 spiro atoms. The van der Waals surface area contributed by atoms with Crippen molar-refractivity contribution < 1.29 is 23.1 Å². The van der Waals surface area contributed by atoms with Gasteiger partial charge in [0.05, 0.1) is 11.5 Å². The summed E-state index contributed by atoms with van der Waals surface area (Å²) in [4.78, 5) is 11.0. The minimum atomic E-state index is -4.39. The highest BCUT2D eigenvalue weighted by molar-refractivity contribution is 5.70. The molecule has 1 rings (SSSR count). The minimum absolute atomic E-state index is 0.0230. The first kappa shape index (κ1) is 16.5. The zero-order valence-electron chi connectivity index (χ0n) is 11.2. The van der Waals surface area contributed by atoms with Crippen LogP contribution in [0.15, 0.2) is 24.3 Å². The van der Waals surface area contributed by atoms with Crippen molar-refractivity contribution in [2.24, 2.45) is 11.7 Å². The monoisotopic (exact) mass is 289 g/mol. The third-order valence-electron chi connectivity index (χ3n) is 3.38. The quantitative estimate of drug-likeness (QED) is 0.845. The molecule has 0 fully saturated rings. The van der Waals surface area contributed by atoms with E-state index in [-0.39, 0.29) is 18.9 Å². The molecule has 2 unspecified atom stereocenters. The van der Waals surface area contributed by atoms with Crippen LogP contribution in [-0.2, 0) is 11.0 Å². The summed E-state index contributed by atoms with van der Waals surface area (Å²) < 4.78 is 38.0. The lowest BCUT2D eigenvalue weighted by molar-refractivity contribution is -0.142. The van der Waals surface area contributed by atoms with Crippen molar-refractivity contribution in [3.8, 4) is 0 Å². The molecule has 0 radical (unpaired) electrons. The number of benzene rings is 1. The number of carbonyl (C=O) groups is 1. The molecule has 0 heterocycles. The van der Waals surface area contributed by atoms with Crippen LogP contribution in [-0.4, -0.2) is 17.6 Å². The molecule has 3 nitrogen and oxygen atoms in total. The molecule has 112 valence electrons. The van der Waals surface area contributed by atoms with E-state index in [0.29, 0.717) is 12.0 Å². The van der Waals surface area contributed by atoms with Gasteiger partial charge in [0.25, 0.3) is 0 Å². The van der Waals surface area contributed by atoms with E-state index in [1.807, 2.05) is 6.92 Å². The number of carboxylic acids is 1. The van der Waals surface area contributed by atoms with Crippen LogP contribution in [0.3, 0.4) is 0 Å². The van der Waals surface area contributed by atoms with Crippen molar-refractivity contribution >= 4 is 5.97 Å². The van der Waals surface area contributed by atoms with Crippen LogP contribution in [0.25, 0.3) is 0 Å². The van der Waals surface area contributed by atoms with Crippen LogP contribution in [0.5, 0.6) is 0 Å². The van der Waals surface area contributed by atoms with E-state index >= 15 is 0 Å². The molecule has 0 aromatic heterocycles. The van der Waals surface area contributed by atoms with E-state index in [1.54, 1.807) is 6.07 Å². The second-order valence-electron chi connectivity index (χ2n) is 4.73. The smallest absolute Gasteiger partial charge is 0.416 e. The normalized spacial score (nSPS) is 14.8. The third-order valence-corrected chi connectivity index (χ3v) is 3.38. The van der Waals surface area contributed by atoms with Gasteiger partial charge in [-0.05, 0) is 30.4 Å². The van der Waals surface area contributed by atoms with Crippen molar-refractivity contribution in [3.05, 3.63) is 35.4 Å². The second kappa shape index (κ2) is 6.74. The second-order valence-corrected chi connectivity index (χ2v) is 4.73. The Labute approximate surface area is 115 Å². The van der Waals surface area contributed by atoms with E-state index < -0.39 is 23.6 Å². The molecule has 1 aromatic rings. The zero-order valence-corrected chi connectivity index (χ0v) is 11.2. The fourth-order valence-corrected chi connectivity index (χ4v) is 2.15. The predicted molar refractivity (Wildman–Crippen MR) is 69.3 cm³/mol. The molecular formula is C14H18F3NO2. The average molecular weight is 289 g/mol. The zero-order chi connectivity index (χ0) is 15.3. The molecule has 0 aliphatic carbocycles. The van der Waals surface area contributed by atoms with Gasteiger partial charge in [0.15, 0.2) is 0 Å². The van der Waals surface area contributed by atoms with Crippen molar-refractivity contribution in [2.45, 2.75) is 31.9 Å². The van der Waals surface area contributed by atoms with Gasteiger partial charge in [0, 0.05) is 6.54 Å². The molecule has 0 aliphatic heterocycles. The first-order valence-electron chi connectivity index (χ1n) is 6.39. The lowest BCUT2D eigenvalue weighted by atomic mass is 9.86. The van der Waals surface area contributed by atoms with E-state index in [0.717, 1.165) is 12.1 Å². The highest BCUT2D eigenvalue weighted by atomic mass is 19.4. The van der Waals surface area contributed by atoms with Crippen LogP contribution in [0.4, 0.5) is 13.2 Å². The summed E-state index contributed by atoms with van der Waals surface area (Å²) in [7, 11) is 0. The van der Waals surface area contributed by atoms with E-state index in [4.69, 9.17) is 10.8 Å². The Kier molecular flexibility index (Phi) is 5.56. The molecule has 2 atom stereocenters. The minimum Gasteiger partial charge on any atom is -0.481 e. The maximum absolute atomic E-state index is 12.7. The fourth-order valence-electron chi connectivity index (χ4n) is 2.15. The van der Waals surface area contributed by atoms with Gasteiger partial charge in [-0.1, -0.05) is 25.1 Å². The summed E-state index contributed by atoms with van der Waals surface area (Å²) >= 11 is 0. The molecule has 0 saturated heterocycles. The van der Waals surface area contributed by atoms with Gasteiger partial charge in [-0.15, -0.1) is 0 Å². The average Bonchev–Trinajstić information content (AvgIpc) is 2.39. The van der Waals surface area contributed by atoms with Crippen LogP contribution in [0.2, 0.25) is 0 Å². The first-order chi connectivity index (χ1) is 9.29. The van der Waals surface area contributed by atoms with E-state index in [1.165, 1.54) is 6.07 Å². The Morgan fingerprint density at radius 3 is 2.50 bits per heavy atom. The molecule has 0 amide bonds. The van der Waals surface area contributed by atoms with E-state index in [2.05, 4.69) is 0 Å². The number of rotatable bonds is 6. The van der Waals surface area contributed by atoms with Gasteiger partial charge >= 0.3 is 12.1 Å². The summed E-state index contributed by atoms with van der Waals surface area (Å²) in [6.45, 7) is 1.80. The van der Waals surface area contributed by atoms with Crippen molar-refractivity contribution in [3.63, 3.8) is 0 Å². The van der Waals surface area contributed by atoms with Crippen molar-refractivity contribution in [1.29, 1.82) is 0 Å². The van der Waals surface area contributed by atoms with Gasteiger partial charge < -0.3 is 10.8 Å². The number of carboxylic acid groups (broad SMARTS) is 1. The summed E-state index contributed by atoms with van der Waals surface area (Å²) in [5.41, 5.74) is 5.18. The molecule has 6 heteroatoms. The number of hydrogen-bond donors (Lipinski definition) is 2. The Hall–Kier alpha value is -1.56. The van der Waals surface area contributed by atoms with Gasteiger partial charge in [-0.2, -0.15) is 13.2 Å². The molecule has 0 saturated carbocycles. The third kappa shape index (κ3) is 4.23. The van der Waals surface area contributed by atoms with E-state index in [9.17, 15) is 18.0 Å². The lowest BCUT2D eigenvalue weighted by Crippen LogP contribution is -2.25. The number of halogens is 3. The highest BCUT2D eigenvalue weighted by Gasteiger charge is 2.31. The topological polar surface area (TPSA) is 63.3 Å². The Morgan fingerprint density at radius 1 is 1.40 bits per heavy atom. The van der Waals surface area contributed by atoms with Gasteiger partial charge in [-0.25, -0.2) is 0 Å². The fraction of sp³-hybridized carbons (Fsp3) is 0.500. The van der Waals surface area contributed by atoms with Crippen LogP contribution in [0.1, 0.15) is 36.8 Å². The number of hydrogen-bond acceptors (Lipinski definition) is 2.